The zero-order chi connectivity index (χ0) is 11.5. The third kappa shape index (κ3) is 2.46. The van der Waals surface area contributed by atoms with Crippen LogP contribution < -0.4 is 0 Å². The summed E-state index contributed by atoms with van der Waals surface area (Å²) in [6.07, 6.45) is -0.883. The van der Waals surface area contributed by atoms with Gasteiger partial charge in [0.05, 0.1) is 19.3 Å². The van der Waals surface area contributed by atoms with Crippen molar-refractivity contribution < 1.29 is 14.6 Å². The first-order chi connectivity index (χ1) is 7.68. The zero-order valence-corrected chi connectivity index (χ0v) is 10.8. The molecule has 1 aliphatic rings. The molecule has 2 rings (SSSR count). The van der Waals surface area contributed by atoms with Gasteiger partial charge in [0.15, 0.2) is 0 Å². The summed E-state index contributed by atoms with van der Waals surface area (Å²) >= 11 is 2.22. The Labute approximate surface area is 107 Å². The first-order valence-corrected chi connectivity index (χ1v) is 6.09. The van der Waals surface area contributed by atoms with Crippen molar-refractivity contribution in [2.75, 3.05) is 19.8 Å². The highest BCUT2D eigenvalue weighted by Crippen LogP contribution is 2.24. The minimum atomic E-state index is -0.883. The third-order valence-corrected chi connectivity index (χ3v) is 3.35. The first kappa shape index (κ1) is 11.7. The van der Waals surface area contributed by atoms with Gasteiger partial charge in [0.2, 0.25) is 0 Å². The molecule has 1 saturated heterocycles. The quantitative estimate of drug-likeness (QED) is 0.803. The molecule has 0 aromatic heterocycles. The van der Waals surface area contributed by atoms with Gasteiger partial charge in [-0.05, 0) is 40.3 Å². The standard InChI is InChI=1S/C11H12INO3/c12-9-3-1-8(2-4-9)10-7-16-6-5-13(10)11(14)15/h1-4,10H,5-7H2,(H,14,15). The molecule has 0 spiro atoms. The summed E-state index contributed by atoms with van der Waals surface area (Å²) in [5.41, 5.74) is 0.988. The van der Waals surface area contributed by atoms with E-state index < -0.39 is 6.09 Å². The van der Waals surface area contributed by atoms with Crippen molar-refractivity contribution in [3.05, 3.63) is 33.4 Å². The number of morpholine rings is 1. The Morgan fingerprint density at radius 1 is 1.44 bits per heavy atom. The van der Waals surface area contributed by atoms with Crippen LogP contribution in [0.4, 0.5) is 4.79 Å². The summed E-state index contributed by atoms with van der Waals surface area (Å²) in [7, 11) is 0. The van der Waals surface area contributed by atoms with Crippen LogP contribution in [-0.4, -0.2) is 35.9 Å². The van der Waals surface area contributed by atoms with Crippen LogP contribution in [0.2, 0.25) is 0 Å². The van der Waals surface area contributed by atoms with E-state index in [0.717, 1.165) is 9.13 Å². The summed E-state index contributed by atoms with van der Waals surface area (Å²) in [6.45, 7) is 1.35. The van der Waals surface area contributed by atoms with Gasteiger partial charge < -0.3 is 9.84 Å². The Kier molecular flexibility index (Phi) is 3.65. The van der Waals surface area contributed by atoms with Crippen molar-refractivity contribution in [2.24, 2.45) is 0 Å². The van der Waals surface area contributed by atoms with Gasteiger partial charge in [0.25, 0.3) is 0 Å². The van der Waals surface area contributed by atoms with Crippen LogP contribution >= 0.6 is 22.6 Å². The number of amides is 1. The lowest BCUT2D eigenvalue weighted by atomic mass is 10.1. The second kappa shape index (κ2) is 5.01. The van der Waals surface area contributed by atoms with Crippen LogP contribution in [-0.2, 0) is 4.74 Å². The number of carboxylic acid groups (broad SMARTS) is 1. The predicted octanol–water partition coefficient (Wildman–Crippen LogP) is 2.34. The summed E-state index contributed by atoms with van der Waals surface area (Å²) in [5.74, 6) is 0. The van der Waals surface area contributed by atoms with E-state index in [1.165, 1.54) is 4.90 Å². The average molecular weight is 333 g/mol. The molecule has 1 unspecified atom stereocenters. The molecule has 16 heavy (non-hydrogen) atoms. The zero-order valence-electron chi connectivity index (χ0n) is 8.60. The highest BCUT2D eigenvalue weighted by atomic mass is 127. The predicted molar refractivity (Wildman–Crippen MR) is 67.4 cm³/mol. The van der Waals surface area contributed by atoms with Crippen LogP contribution in [0.3, 0.4) is 0 Å². The third-order valence-electron chi connectivity index (χ3n) is 2.63. The molecule has 0 bridgehead atoms. The maximum atomic E-state index is 11.1. The van der Waals surface area contributed by atoms with E-state index in [1.807, 2.05) is 24.3 Å². The van der Waals surface area contributed by atoms with Crippen molar-refractivity contribution in [3.63, 3.8) is 0 Å². The number of ether oxygens (including phenoxy) is 1. The fourth-order valence-corrected chi connectivity index (χ4v) is 2.15. The smallest absolute Gasteiger partial charge is 0.407 e. The van der Waals surface area contributed by atoms with E-state index in [-0.39, 0.29) is 6.04 Å². The van der Waals surface area contributed by atoms with Crippen LogP contribution in [0.1, 0.15) is 11.6 Å². The molecule has 5 heteroatoms. The van der Waals surface area contributed by atoms with E-state index in [2.05, 4.69) is 22.6 Å². The Morgan fingerprint density at radius 2 is 2.12 bits per heavy atom. The summed E-state index contributed by atoms with van der Waals surface area (Å²) in [5, 5.41) is 9.09. The van der Waals surface area contributed by atoms with Crippen molar-refractivity contribution >= 4 is 28.7 Å². The second-order valence-electron chi connectivity index (χ2n) is 3.62. The fourth-order valence-electron chi connectivity index (χ4n) is 1.79. The minimum Gasteiger partial charge on any atom is -0.465 e. The van der Waals surface area contributed by atoms with Gasteiger partial charge in [-0.25, -0.2) is 4.79 Å². The number of rotatable bonds is 1. The lowest BCUT2D eigenvalue weighted by molar-refractivity contribution is -0.000899. The van der Waals surface area contributed by atoms with E-state index >= 15 is 0 Å². The van der Waals surface area contributed by atoms with Crippen molar-refractivity contribution in [1.82, 2.24) is 4.90 Å². The monoisotopic (exact) mass is 333 g/mol. The molecule has 1 aromatic carbocycles. The average Bonchev–Trinajstić information content (AvgIpc) is 2.30. The number of nitrogens with zero attached hydrogens (tertiary/aromatic N) is 1. The maximum Gasteiger partial charge on any atom is 0.407 e. The van der Waals surface area contributed by atoms with Gasteiger partial charge in [-0.2, -0.15) is 0 Å². The van der Waals surface area contributed by atoms with Crippen LogP contribution in [0, 0.1) is 3.57 Å². The number of hydrogen-bond acceptors (Lipinski definition) is 2. The van der Waals surface area contributed by atoms with Crippen molar-refractivity contribution in [2.45, 2.75) is 6.04 Å². The molecule has 0 aliphatic carbocycles. The summed E-state index contributed by atoms with van der Waals surface area (Å²) in [6, 6.07) is 7.69. The van der Waals surface area contributed by atoms with Crippen LogP contribution in [0.25, 0.3) is 0 Å². The van der Waals surface area contributed by atoms with Crippen molar-refractivity contribution in [3.8, 4) is 0 Å². The van der Waals surface area contributed by atoms with E-state index in [0.29, 0.717) is 19.8 Å². The second-order valence-corrected chi connectivity index (χ2v) is 4.86. The van der Waals surface area contributed by atoms with Crippen LogP contribution in [0.5, 0.6) is 0 Å². The topological polar surface area (TPSA) is 49.8 Å². The number of hydrogen-bond donors (Lipinski definition) is 1. The molecular weight excluding hydrogens is 321 g/mol. The number of carbonyl (C=O) groups is 1. The Bertz CT molecular complexity index is 379. The molecule has 1 N–H and O–H groups in total. The molecule has 1 aromatic rings. The lowest BCUT2D eigenvalue weighted by Gasteiger charge is -2.33. The molecule has 1 atom stereocenters. The van der Waals surface area contributed by atoms with Crippen molar-refractivity contribution in [1.29, 1.82) is 0 Å². The van der Waals surface area contributed by atoms with Gasteiger partial charge in [0.1, 0.15) is 0 Å². The van der Waals surface area contributed by atoms with E-state index in [1.54, 1.807) is 0 Å². The molecule has 1 fully saturated rings. The van der Waals surface area contributed by atoms with E-state index in [4.69, 9.17) is 9.84 Å². The largest absolute Gasteiger partial charge is 0.465 e. The minimum absolute atomic E-state index is 0.178. The number of benzene rings is 1. The SMILES string of the molecule is O=C(O)N1CCOCC1c1ccc(I)cc1. The molecule has 0 radical (unpaired) electrons. The van der Waals surface area contributed by atoms with Gasteiger partial charge in [0, 0.05) is 10.1 Å². The normalized spacial score (nSPS) is 20.8. The Balaban J connectivity index is 2.23. The fraction of sp³-hybridized carbons (Fsp3) is 0.364. The Hall–Kier alpha value is -0.820. The first-order valence-electron chi connectivity index (χ1n) is 5.01. The molecule has 4 nitrogen and oxygen atoms in total. The highest BCUT2D eigenvalue weighted by Gasteiger charge is 2.28. The van der Waals surface area contributed by atoms with Gasteiger partial charge in [-0.15, -0.1) is 0 Å². The van der Waals surface area contributed by atoms with Gasteiger partial charge >= 0.3 is 6.09 Å². The number of halogens is 1. The Morgan fingerprint density at radius 3 is 2.75 bits per heavy atom. The molecule has 1 heterocycles. The molecule has 1 aliphatic heterocycles. The lowest BCUT2D eigenvalue weighted by Crippen LogP contribution is -2.42. The summed E-state index contributed by atoms with van der Waals surface area (Å²) < 4.78 is 6.48. The molecule has 86 valence electrons. The summed E-state index contributed by atoms with van der Waals surface area (Å²) in [4.78, 5) is 12.5. The van der Waals surface area contributed by atoms with Gasteiger partial charge in [-0.1, -0.05) is 12.1 Å². The van der Waals surface area contributed by atoms with Crippen LogP contribution in [0.15, 0.2) is 24.3 Å². The highest BCUT2D eigenvalue weighted by molar-refractivity contribution is 14.1. The molecule has 1 amide bonds. The van der Waals surface area contributed by atoms with E-state index in [9.17, 15) is 4.79 Å². The van der Waals surface area contributed by atoms with Gasteiger partial charge in [-0.3, -0.25) is 4.90 Å². The molecular formula is C11H12INO3. The maximum absolute atomic E-state index is 11.1. The molecule has 0 saturated carbocycles.